The van der Waals surface area contributed by atoms with E-state index in [0.29, 0.717) is 12.1 Å². The Balaban J connectivity index is 1.84. The number of hydrogen-bond acceptors (Lipinski definition) is 3. The zero-order chi connectivity index (χ0) is 11.4. The van der Waals surface area contributed by atoms with Crippen molar-refractivity contribution in [1.29, 1.82) is 0 Å². The van der Waals surface area contributed by atoms with Gasteiger partial charge in [-0.05, 0) is 31.0 Å². The lowest BCUT2D eigenvalue weighted by molar-refractivity contribution is -0.122. The van der Waals surface area contributed by atoms with Gasteiger partial charge in [0.05, 0.1) is 12.2 Å². The molecule has 0 aromatic carbocycles. The fourth-order valence-corrected chi connectivity index (χ4v) is 1.77. The molecule has 0 spiro atoms. The molecule has 1 amide bonds. The number of carbonyl (C=O) groups is 1. The van der Waals surface area contributed by atoms with E-state index in [-0.39, 0.29) is 17.8 Å². The van der Waals surface area contributed by atoms with Crippen molar-refractivity contribution in [3.8, 4) is 0 Å². The minimum atomic E-state index is -0.384. The molecule has 1 fully saturated rings. The number of hydrogen-bond donors (Lipinski definition) is 2. The van der Waals surface area contributed by atoms with Crippen LogP contribution >= 0.6 is 0 Å². The van der Waals surface area contributed by atoms with Crippen LogP contribution in [0.15, 0.2) is 18.5 Å². The second-order valence-corrected chi connectivity index (χ2v) is 3.88. The molecule has 1 atom stereocenters. The third-order valence-electron chi connectivity index (χ3n) is 2.61. The number of nitrogens with zero attached hydrogens (tertiary/aromatic N) is 1. The van der Waals surface area contributed by atoms with Crippen molar-refractivity contribution < 1.29 is 9.18 Å². The lowest BCUT2D eigenvalue weighted by Crippen LogP contribution is -2.40. The van der Waals surface area contributed by atoms with Crippen LogP contribution in [-0.4, -0.2) is 23.5 Å². The number of nitrogens with one attached hydrogen (secondary N) is 2. The number of rotatable bonds is 3. The Morgan fingerprint density at radius 1 is 1.62 bits per heavy atom. The van der Waals surface area contributed by atoms with E-state index in [4.69, 9.17) is 0 Å². The molecular formula is C11H14FN3O. The van der Waals surface area contributed by atoms with Crippen LogP contribution in [0.3, 0.4) is 0 Å². The summed E-state index contributed by atoms with van der Waals surface area (Å²) in [6, 6.07) is 1.27. The summed E-state index contributed by atoms with van der Waals surface area (Å²) in [7, 11) is 0. The minimum Gasteiger partial charge on any atom is -0.351 e. The molecule has 1 saturated heterocycles. The maximum atomic E-state index is 12.8. The van der Waals surface area contributed by atoms with Crippen molar-refractivity contribution in [2.75, 3.05) is 6.54 Å². The maximum Gasteiger partial charge on any atom is 0.237 e. The molecule has 1 aromatic heterocycles. The highest BCUT2D eigenvalue weighted by molar-refractivity contribution is 5.81. The quantitative estimate of drug-likeness (QED) is 0.788. The molecule has 1 aliphatic rings. The van der Waals surface area contributed by atoms with Crippen LogP contribution in [0.1, 0.15) is 18.4 Å². The fourth-order valence-electron chi connectivity index (χ4n) is 1.77. The van der Waals surface area contributed by atoms with Gasteiger partial charge in [-0.25, -0.2) is 4.39 Å². The van der Waals surface area contributed by atoms with Crippen LogP contribution < -0.4 is 10.6 Å². The molecule has 0 aliphatic carbocycles. The van der Waals surface area contributed by atoms with Gasteiger partial charge in [-0.1, -0.05) is 0 Å². The second kappa shape index (κ2) is 5.03. The van der Waals surface area contributed by atoms with Gasteiger partial charge in [0.15, 0.2) is 0 Å². The Hall–Kier alpha value is -1.49. The topological polar surface area (TPSA) is 54.0 Å². The molecule has 86 valence electrons. The summed E-state index contributed by atoms with van der Waals surface area (Å²) >= 11 is 0. The molecular weight excluding hydrogens is 209 g/mol. The molecule has 5 heteroatoms. The molecule has 16 heavy (non-hydrogen) atoms. The van der Waals surface area contributed by atoms with Gasteiger partial charge < -0.3 is 10.6 Å². The average Bonchev–Trinajstić information content (AvgIpc) is 2.79. The van der Waals surface area contributed by atoms with E-state index >= 15 is 0 Å². The largest absolute Gasteiger partial charge is 0.351 e. The van der Waals surface area contributed by atoms with Crippen LogP contribution in [-0.2, 0) is 11.3 Å². The van der Waals surface area contributed by atoms with Crippen molar-refractivity contribution in [1.82, 2.24) is 15.6 Å². The number of amides is 1. The van der Waals surface area contributed by atoms with Gasteiger partial charge in [0.2, 0.25) is 5.91 Å². The first-order chi connectivity index (χ1) is 7.75. The standard InChI is InChI=1S/C11H14FN3O/c12-9-4-8(5-13-7-9)6-15-11(16)10-2-1-3-14-10/h4-5,7,10,14H,1-3,6H2,(H,15,16). The van der Waals surface area contributed by atoms with E-state index in [1.807, 2.05) is 0 Å². The summed E-state index contributed by atoms with van der Waals surface area (Å²) in [5, 5.41) is 5.86. The Bertz CT molecular complexity index is 377. The van der Waals surface area contributed by atoms with E-state index in [9.17, 15) is 9.18 Å². The van der Waals surface area contributed by atoms with Crippen LogP contribution in [0.4, 0.5) is 4.39 Å². The van der Waals surface area contributed by atoms with Crippen molar-refractivity contribution in [3.05, 3.63) is 29.8 Å². The molecule has 0 bridgehead atoms. The zero-order valence-electron chi connectivity index (χ0n) is 8.87. The van der Waals surface area contributed by atoms with Crippen LogP contribution in [0.5, 0.6) is 0 Å². The molecule has 4 nitrogen and oxygen atoms in total. The molecule has 0 saturated carbocycles. The summed E-state index contributed by atoms with van der Waals surface area (Å²) in [6.07, 6.45) is 4.59. The molecule has 2 rings (SSSR count). The first kappa shape index (κ1) is 11.0. The summed E-state index contributed by atoms with van der Waals surface area (Å²) in [5.74, 6) is -0.410. The number of aromatic nitrogens is 1. The highest BCUT2D eigenvalue weighted by Gasteiger charge is 2.21. The smallest absolute Gasteiger partial charge is 0.237 e. The molecule has 2 heterocycles. The number of pyridine rings is 1. The summed E-state index contributed by atoms with van der Waals surface area (Å²) in [4.78, 5) is 15.3. The van der Waals surface area contributed by atoms with Crippen molar-refractivity contribution in [3.63, 3.8) is 0 Å². The molecule has 1 unspecified atom stereocenters. The van der Waals surface area contributed by atoms with E-state index in [1.54, 1.807) is 6.20 Å². The first-order valence-corrected chi connectivity index (χ1v) is 5.36. The lowest BCUT2D eigenvalue weighted by atomic mass is 10.2. The van der Waals surface area contributed by atoms with Crippen molar-refractivity contribution >= 4 is 5.91 Å². The van der Waals surface area contributed by atoms with Crippen LogP contribution in [0.2, 0.25) is 0 Å². The monoisotopic (exact) mass is 223 g/mol. The average molecular weight is 223 g/mol. The Morgan fingerprint density at radius 3 is 3.19 bits per heavy atom. The minimum absolute atomic E-state index is 0.0261. The highest BCUT2D eigenvalue weighted by atomic mass is 19.1. The molecule has 1 aliphatic heterocycles. The number of carbonyl (C=O) groups excluding carboxylic acids is 1. The van der Waals surface area contributed by atoms with Crippen LogP contribution in [0, 0.1) is 5.82 Å². The summed E-state index contributed by atoms with van der Waals surface area (Å²) in [6.45, 7) is 1.21. The highest BCUT2D eigenvalue weighted by Crippen LogP contribution is 2.05. The Kier molecular flexibility index (Phi) is 3.46. The summed E-state index contributed by atoms with van der Waals surface area (Å²) in [5.41, 5.74) is 0.673. The maximum absolute atomic E-state index is 12.8. The van der Waals surface area contributed by atoms with Gasteiger partial charge in [-0.3, -0.25) is 9.78 Å². The van der Waals surface area contributed by atoms with E-state index in [2.05, 4.69) is 15.6 Å². The molecule has 0 radical (unpaired) electrons. The van der Waals surface area contributed by atoms with Gasteiger partial charge in [-0.2, -0.15) is 0 Å². The predicted molar refractivity (Wildman–Crippen MR) is 57.1 cm³/mol. The van der Waals surface area contributed by atoms with Gasteiger partial charge in [0, 0.05) is 12.7 Å². The van der Waals surface area contributed by atoms with Gasteiger partial charge in [0.25, 0.3) is 0 Å². The van der Waals surface area contributed by atoms with Gasteiger partial charge in [0.1, 0.15) is 5.82 Å². The fraction of sp³-hybridized carbons (Fsp3) is 0.455. The third-order valence-corrected chi connectivity index (χ3v) is 2.61. The van der Waals surface area contributed by atoms with Crippen molar-refractivity contribution in [2.45, 2.75) is 25.4 Å². The normalized spacial score (nSPS) is 19.7. The van der Waals surface area contributed by atoms with Gasteiger partial charge in [-0.15, -0.1) is 0 Å². The zero-order valence-corrected chi connectivity index (χ0v) is 8.87. The second-order valence-electron chi connectivity index (χ2n) is 3.88. The summed E-state index contributed by atoms with van der Waals surface area (Å²) < 4.78 is 12.8. The lowest BCUT2D eigenvalue weighted by Gasteiger charge is -2.10. The van der Waals surface area contributed by atoms with E-state index < -0.39 is 0 Å². The van der Waals surface area contributed by atoms with Crippen LogP contribution in [0.25, 0.3) is 0 Å². The molecule has 1 aromatic rings. The van der Waals surface area contributed by atoms with Gasteiger partial charge >= 0.3 is 0 Å². The first-order valence-electron chi connectivity index (χ1n) is 5.36. The Labute approximate surface area is 93.3 Å². The SMILES string of the molecule is O=C(NCc1cncc(F)c1)C1CCCN1. The van der Waals surface area contributed by atoms with E-state index in [1.165, 1.54) is 6.07 Å². The van der Waals surface area contributed by atoms with Crippen molar-refractivity contribution in [2.24, 2.45) is 0 Å². The number of halogens is 1. The Morgan fingerprint density at radius 2 is 2.50 bits per heavy atom. The molecule has 2 N–H and O–H groups in total. The third kappa shape index (κ3) is 2.76. The van der Waals surface area contributed by atoms with E-state index in [0.717, 1.165) is 25.6 Å². The predicted octanol–water partition coefficient (Wildman–Crippen LogP) is 0.589.